The van der Waals surface area contributed by atoms with Gasteiger partial charge in [0.1, 0.15) is 11.4 Å². The molecule has 3 nitrogen and oxygen atoms in total. The molecular formula is C12H7F2N3. The number of aromatic nitrogens is 3. The van der Waals surface area contributed by atoms with Crippen molar-refractivity contribution >= 4 is 10.9 Å². The molecule has 17 heavy (non-hydrogen) atoms. The molecule has 0 aliphatic carbocycles. The summed E-state index contributed by atoms with van der Waals surface area (Å²) in [5.74, 6) is -1.32. The van der Waals surface area contributed by atoms with Gasteiger partial charge in [0.15, 0.2) is 5.82 Å². The van der Waals surface area contributed by atoms with E-state index in [2.05, 4.69) is 15.2 Å². The minimum absolute atomic E-state index is 0.0811. The van der Waals surface area contributed by atoms with Crippen LogP contribution in [-0.2, 0) is 0 Å². The maximum absolute atomic E-state index is 13.6. The third kappa shape index (κ3) is 1.56. The second kappa shape index (κ2) is 3.62. The highest BCUT2D eigenvalue weighted by atomic mass is 19.1. The van der Waals surface area contributed by atoms with Gasteiger partial charge in [-0.05, 0) is 18.2 Å². The lowest BCUT2D eigenvalue weighted by Gasteiger charge is -1.99. The van der Waals surface area contributed by atoms with Crippen LogP contribution in [0.25, 0.3) is 22.3 Å². The van der Waals surface area contributed by atoms with Crippen LogP contribution in [0.5, 0.6) is 0 Å². The van der Waals surface area contributed by atoms with E-state index >= 15 is 0 Å². The fourth-order valence-electron chi connectivity index (χ4n) is 1.73. The van der Waals surface area contributed by atoms with Crippen molar-refractivity contribution in [2.45, 2.75) is 0 Å². The molecule has 0 amide bonds. The number of nitrogens with one attached hydrogen (secondary N) is 1. The fraction of sp³-hybridized carbons (Fsp3) is 0. The summed E-state index contributed by atoms with van der Waals surface area (Å²) in [5, 5.41) is 7.44. The highest BCUT2D eigenvalue weighted by Gasteiger charge is 2.14. The van der Waals surface area contributed by atoms with E-state index in [4.69, 9.17) is 0 Å². The van der Waals surface area contributed by atoms with Crippen LogP contribution in [0.2, 0.25) is 0 Å². The molecule has 0 atom stereocenters. The van der Waals surface area contributed by atoms with E-state index in [0.29, 0.717) is 11.1 Å². The molecule has 0 unspecified atom stereocenters. The molecule has 0 aliphatic rings. The van der Waals surface area contributed by atoms with Crippen LogP contribution in [0.15, 0.2) is 36.4 Å². The topological polar surface area (TPSA) is 41.6 Å². The maximum Gasteiger partial charge on any atom is 0.213 e. The molecule has 3 rings (SSSR count). The summed E-state index contributed by atoms with van der Waals surface area (Å²) in [5.41, 5.74) is 0.994. The number of hydrogen-bond acceptors (Lipinski definition) is 2. The molecule has 0 spiro atoms. The largest absolute Gasteiger partial charge is 0.277 e. The Kier molecular flexibility index (Phi) is 2.11. The molecule has 0 saturated heterocycles. The molecule has 0 fully saturated rings. The Morgan fingerprint density at radius 3 is 2.65 bits per heavy atom. The maximum atomic E-state index is 13.6. The number of aromatic amines is 1. The first-order valence-electron chi connectivity index (χ1n) is 5.01. The van der Waals surface area contributed by atoms with E-state index in [9.17, 15) is 8.78 Å². The smallest absolute Gasteiger partial charge is 0.213 e. The predicted octanol–water partition coefficient (Wildman–Crippen LogP) is 2.90. The molecule has 2 aromatic heterocycles. The van der Waals surface area contributed by atoms with Gasteiger partial charge >= 0.3 is 0 Å². The average molecular weight is 231 g/mol. The summed E-state index contributed by atoms with van der Waals surface area (Å²) in [7, 11) is 0. The van der Waals surface area contributed by atoms with Gasteiger partial charge in [-0.25, -0.2) is 9.37 Å². The molecule has 0 aliphatic heterocycles. The Morgan fingerprint density at radius 2 is 1.76 bits per heavy atom. The summed E-state index contributed by atoms with van der Waals surface area (Å²) in [6.45, 7) is 0. The third-order valence-corrected chi connectivity index (χ3v) is 2.51. The van der Waals surface area contributed by atoms with Crippen molar-refractivity contribution in [1.29, 1.82) is 0 Å². The Labute approximate surface area is 95.1 Å². The van der Waals surface area contributed by atoms with E-state index in [1.165, 1.54) is 0 Å². The van der Waals surface area contributed by atoms with Gasteiger partial charge in [-0.2, -0.15) is 9.49 Å². The summed E-state index contributed by atoms with van der Waals surface area (Å²) < 4.78 is 26.6. The molecule has 1 N–H and O–H groups in total. The second-order valence-electron chi connectivity index (χ2n) is 3.58. The number of H-pyrrole nitrogens is 1. The average Bonchev–Trinajstić information content (AvgIpc) is 2.76. The first kappa shape index (κ1) is 9.89. The number of hydrogen-bond donors (Lipinski definition) is 1. The van der Waals surface area contributed by atoms with Crippen molar-refractivity contribution in [2.75, 3.05) is 0 Å². The zero-order valence-corrected chi connectivity index (χ0v) is 8.61. The number of pyridine rings is 1. The van der Waals surface area contributed by atoms with E-state index in [1.807, 2.05) is 12.1 Å². The van der Waals surface area contributed by atoms with Gasteiger partial charge in [-0.15, -0.1) is 0 Å². The van der Waals surface area contributed by atoms with Gasteiger partial charge in [0, 0.05) is 5.39 Å². The van der Waals surface area contributed by atoms with Crippen LogP contribution < -0.4 is 0 Å². The predicted molar refractivity (Wildman–Crippen MR) is 59.2 cm³/mol. The lowest BCUT2D eigenvalue weighted by molar-refractivity contribution is 0.563. The summed E-state index contributed by atoms with van der Waals surface area (Å²) >= 11 is 0. The highest BCUT2D eigenvalue weighted by Crippen LogP contribution is 2.26. The number of para-hydroxylation sites is 1. The van der Waals surface area contributed by atoms with Gasteiger partial charge in [0.25, 0.3) is 0 Å². The first-order valence-corrected chi connectivity index (χ1v) is 5.01. The van der Waals surface area contributed by atoms with E-state index in [0.717, 1.165) is 17.6 Å². The standard InChI is InChI=1S/C12H7F2N3/c13-8-5-6-10(14)15-12(8)11-7-3-1-2-4-9(7)16-17-11/h1-6H,(H,16,17). The Hall–Kier alpha value is -2.30. The minimum Gasteiger partial charge on any atom is -0.277 e. The van der Waals surface area contributed by atoms with Crippen LogP contribution in [-0.4, -0.2) is 15.2 Å². The molecule has 1 aromatic carbocycles. The first-order chi connectivity index (χ1) is 8.25. The van der Waals surface area contributed by atoms with Crippen molar-refractivity contribution in [3.8, 4) is 11.4 Å². The van der Waals surface area contributed by atoms with Crippen molar-refractivity contribution in [1.82, 2.24) is 15.2 Å². The van der Waals surface area contributed by atoms with Crippen molar-refractivity contribution in [2.24, 2.45) is 0 Å². The summed E-state index contributed by atoms with van der Waals surface area (Å²) in [4.78, 5) is 3.54. The van der Waals surface area contributed by atoms with Gasteiger partial charge in [-0.3, -0.25) is 5.10 Å². The van der Waals surface area contributed by atoms with E-state index in [-0.39, 0.29) is 5.69 Å². The highest BCUT2D eigenvalue weighted by molar-refractivity contribution is 5.91. The number of nitrogens with zero attached hydrogens (tertiary/aromatic N) is 2. The van der Waals surface area contributed by atoms with Crippen LogP contribution >= 0.6 is 0 Å². The van der Waals surface area contributed by atoms with Crippen LogP contribution in [0.4, 0.5) is 8.78 Å². The third-order valence-electron chi connectivity index (χ3n) is 2.51. The number of rotatable bonds is 1. The van der Waals surface area contributed by atoms with Gasteiger partial charge in [-0.1, -0.05) is 18.2 Å². The van der Waals surface area contributed by atoms with E-state index < -0.39 is 11.8 Å². The molecule has 0 radical (unpaired) electrons. The molecule has 84 valence electrons. The quantitative estimate of drug-likeness (QED) is 0.654. The van der Waals surface area contributed by atoms with Crippen molar-refractivity contribution in [3.05, 3.63) is 48.2 Å². The Bertz CT molecular complexity index is 691. The van der Waals surface area contributed by atoms with Gasteiger partial charge < -0.3 is 0 Å². The molecule has 0 saturated carbocycles. The van der Waals surface area contributed by atoms with Crippen molar-refractivity contribution < 1.29 is 8.78 Å². The number of benzene rings is 1. The molecule has 5 heteroatoms. The monoisotopic (exact) mass is 231 g/mol. The SMILES string of the molecule is Fc1ccc(F)c(-c2n[nH]c3ccccc23)n1. The second-order valence-corrected chi connectivity index (χ2v) is 3.58. The minimum atomic E-state index is -0.728. The van der Waals surface area contributed by atoms with Gasteiger partial charge in [0.05, 0.1) is 5.52 Å². The van der Waals surface area contributed by atoms with Crippen LogP contribution in [0.1, 0.15) is 0 Å². The van der Waals surface area contributed by atoms with Crippen LogP contribution in [0, 0.1) is 11.8 Å². The Balaban J connectivity index is 2.31. The molecule has 2 heterocycles. The zero-order chi connectivity index (χ0) is 11.8. The van der Waals surface area contributed by atoms with Gasteiger partial charge in [0.2, 0.25) is 5.95 Å². The van der Waals surface area contributed by atoms with Crippen LogP contribution in [0.3, 0.4) is 0 Å². The fourth-order valence-corrected chi connectivity index (χ4v) is 1.73. The summed E-state index contributed by atoms with van der Waals surface area (Å²) in [6.07, 6.45) is 0. The van der Waals surface area contributed by atoms with Crippen molar-refractivity contribution in [3.63, 3.8) is 0 Å². The molecular weight excluding hydrogens is 224 g/mol. The molecule has 3 aromatic rings. The van der Waals surface area contributed by atoms with E-state index in [1.54, 1.807) is 12.1 Å². The zero-order valence-electron chi connectivity index (χ0n) is 8.61. The molecule has 0 bridgehead atoms. The lowest BCUT2D eigenvalue weighted by Crippen LogP contribution is -1.93. The lowest BCUT2D eigenvalue weighted by atomic mass is 10.1. The Morgan fingerprint density at radius 1 is 0.941 bits per heavy atom. The number of halogens is 2. The number of fused-ring (bicyclic) bond motifs is 1. The summed E-state index contributed by atoms with van der Waals surface area (Å²) in [6, 6.07) is 9.25. The normalized spacial score (nSPS) is 10.9.